The summed E-state index contributed by atoms with van der Waals surface area (Å²) in [5.74, 6) is -0.0720. The first-order chi connectivity index (χ1) is 9.44. The molecule has 3 rings (SSSR count). The molecule has 20 heavy (non-hydrogen) atoms. The summed E-state index contributed by atoms with van der Waals surface area (Å²) in [6.45, 7) is 1.98. The number of amidine groups is 1. The van der Waals surface area contributed by atoms with Gasteiger partial charge in [-0.2, -0.15) is 8.42 Å². The zero-order valence-electron chi connectivity index (χ0n) is 10.5. The first-order valence-corrected chi connectivity index (χ1v) is 7.21. The highest BCUT2D eigenvalue weighted by molar-refractivity contribution is 7.91. The van der Waals surface area contributed by atoms with Crippen molar-refractivity contribution in [2.24, 2.45) is 10.1 Å². The third-order valence-corrected chi connectivity index (χ3v) is 3.69. The molecule has 0 fully saturated rings. The van der Waals surface area contributed by atoms with Crippen LogP contribution in [0.2, 0.25) is 0 Å². The molecule has 0 saturated carbocycles. The normalized spacial score (nSPS) is 15.9. The molecule has 0 spiro atoms. The second-order valence-corrected chi connectivity index (χ2v) is 5.71. The summed E-state index contributed by atoms with van der Waals surface area (Å²) in [6, 6.07) is 7.66. The average molecular weight is 289 g/mol. The van der Waals surface area contributed by atoms with Crippen molar-refractivity contribution in [2.45, 2.75) is 6.92 Å². The van der Waals surface area contributed by atoms with Gasteiger partial charge in [0.15, 0.2) is 11.7 Å². The number of nitrogens with one attached hydrogen (secondary N) is 1. The predicted molar refractivity (Wildman–Crippen MR) is 75.5 cm³/mol. The number of nitrogens with two attached hydrogens (primary N) is 1. The van der Waals surface area contributed by atoms with Crippen molar-refractivity contribution in [3.8, 4) is 11.3 Å². The van der Waals surface area contributed by atoms with Crippen LogP contribution >= 0.6 is 0 Å². The summed E-state index contributed by atoms with van der Waals surface area (Å²) >= 11 is 0. The molecule has 2 aromatic rings. The molecule has 1 aliphatic heterocycles. The van der Waals surface area contributed by atoms with E-state index in [1.165, 1.54) is 6.20 Å². The van der Waals surface area contributed by atoms with Crippen LogP contribution in [0.5, 0.6) is 0 Å². The van der Waals surface area contributed by atoms with Gasteiger partial charge < -0.3 is 5.73 Å². The van der Waals surface area contributed by atoms with Crippen LogP contribution in [-0.2, 0) is 10.2 Å². The summed E-state index contributed by atoms with van der Waals surface area (Å²) in [6.07, 6.45) is 1.53. The monoisotopic (exact) mass is 289 g/mol. The van der Waals surface area contributed by atoms with Crippen molar-refractivity contribution in [2.75, 3.05) is 4.72 Å². The quantitative estimate of drug-likeness (QED) is 0.807. The van der Waals surface area contributed by atoms with E-state index < -0.39 is 10.2 Å². The highest BCUT2D eigenvalue weighted by Crippen LogP contribution is 2.23. The number of benzene rings is 1. The van der Waals surface area contributed by atoms with Crippen molar-refractivity contribution in [1.29, 1.82) is 0 Å². The molecule has 0 amide bonds. The molecule has 0 radical (unpaired) electrons. The minimum Gasteiger partial charge on any atom is -0.381 e. The summed E-state index contributed by atoms with van der Waals surface area (Å²) in [7, 11) is -3.84. The van der Waals surface area contributed by atoms with Gasteiger partial charge in [-0.05, 0) is 6.92 Å². The molecular weight excluding hydrogens is 278 g/mol. The largest absolute Gasteiger partial charge is 0.381 e. The fourth-order valence-electron chi connectivity index (χ4n) is 1.83. The Labute approximate surface area is 115 Å². The minimum absolute atomic E-state index is 0.0931. The van der Waals surface area contributed by atoms with Crippen molar-refractivity contribution in [3.05, 3.63) is 41.7 Å². The number of nitrogens with zero attached hydrogens (tertiary/aromatic N) is 3. The van der Waals surface area contributed by atoms with Crippen LogP contribution in [0.3, 0.4) is 0 Å². The summed E-state index contributed by atoms with van der Waals surface area (Å²) in [5.41, 5.74) is 8.31. The summed E-state index contributed by atoms with van der Waals surface area (Å²) in [5, 5.41) is 0. The molecule has 0 atom stereocenters. The summed E-state index contributed by atoms with van der Waals surface area (Å²) < 4.78 is 28.5. The number of rotatable bonds is 1. The Balaban J connectivity index is 2.11. The van der Waals surface area contributed by atoms with Crippen molar-refractivity contribution >= 4 is 21.9 Å². The van der Waals surface area contributed by atoms with Crippen LogP contribution < -0.4 is 10.5 Å². The van der Waals surface area contributed by atoms with Crippen LogP contribution in [0.4, 0.5) is 5.82 Å². The lowest BCUT2D eigenvalue weighted by molar-refractivity contribution is 0.602. The van der Waals surface area contributed by atoms with Crippen LogP contribution in [-0.4, -0.2) is 24.2 Å². The third kappa shape index (κ3) is 2.21. The fourth-order valence-corrected chi connectivity index (χ4v) is 2.61. The maximum atomic E-state index is 11.5. The lowest BCUT2D eigenvalue weighted by Gasteiger charge is -2.14. The van der Waals surface area contributed by atoms with E-state index in [2.05, 4.69) is 19.1 Å². The smallest absolute Gasteiger partial charge is 0.345 e. The highest BCUT2D eigenvalue weighted by atomic mass is 32.2. The number of anilines is 1. The van der Waals surface area contributed by atoms with Crippen LogP contribution in [0.15, 0.2) is 34.9 Å². The number of fused-ring (bicyclic) bond motifs is 1. The van der Waals surface area contributed by atoms with Gasteiger partial charge in [-0.3, -0.25) is 0 Å². The lowest BCUT2D eigenvalue weighted by Crippen LogP contribution is -2.28. The van der Waals surface area contributed by atoms with Gasteiger partial charge in [0, 0.05) is 5.56 Å². The number of hydrogen-bond donors (Lipinski definition) is 2. The summed E-state index contributed by atoms with van der Waals surface area (Å²) in [4.78, 5) is 8.36. The molecule has 0 bridgehead atoms. The Morgan fingerprint density at radius 3 is 2.60 bits per heavy atom. The Morgan fingerprint density at radius 1 is 1.20 bits per heavy atom. The van der Waals surface area contributed by atoms with Gasteiger partial charge in [-0.1, -0.05) is 29.8 Å². The van der Waals surface area contributed by atoms with Gasteiger partial charge in [-0.25, -0.2) is 14.7 Å². The van der Waals surface area contributed by atoms with Gasteiger partial charge in [0.05, 0.1) is 11.9 Å². The van der Waals surface area contributed by atoms with E-state index >= 15 is 0 Å². The molecule has 102 valence electrons. The molecule has 0 unspecified atom stereocenters. The van der Waals surface area contributed by atoms with Gasteiger partial charge in [0.2, 0.25) is 0 Å². The van der Waals surface area contributed by atoms with Crippen LogP contribution in [0.1, 0.15) is 11.3 Å². The van der Waals surface area contributed by atoms with E-state index in [0.717, 1.165) is 11.1 Å². The Morgan fingerprint density at radius 2 is 1.90 bits per heavy atom. The molecule has 3 N–H and O–H groups in total. The first-order valence-electron chi connectivity index (χ1n) is 5.77. The standard InChI is InChI=1S/C12H11N5O2S/c1-7-2-4-8(5-3-7)9-6-14-10-11(13)16-20(18,19)17-12(10)15-9/h2-6H,1H3,(H2,13,16)(H,15,17). The number of aryl methyl sites for hydroxylation is 1. The molecule has 2 heterocycles. The Kier molecular flexibility index (Phi) is 2.68. The Bertz CT molecular complexity index is 812. The van der Waals surface area contributed by atoms with E-state index in [4.69, 9.17) is 5.73 Å². The maximum absolute atomic E-state index is 11.5. The SMILES string of the molecule is Cc1ccc(-c2cnc3c(n2)NS(=O)(=O)N=C3N)cc1. The molecule has 7 nitrogen and oxygen atoms in total. The second kappa shape index (κ2) is 4.27. The van der Waals surface area contributed by atoms with Crippen LogP contribution in [0, 0.1) is 6.92 Å². The molecule has 1 aromatic heterocycles. The highest BCUT2D eigenvalue weighted by Gasteiger charge is 2.23. The lowest BCUT2D eigenvalue weighted by atomic mass is 10.1. The molecule has 1 aliphatic rings. The predicted octanol–water partition coefficient (Wildman–Crippen LogP) is 0.828. The van der Waals surface area contributed by atoms with Crippen molar-refractivity contribution < 1.29 is 8.42 Å². The third-order valence-electron chi connectivity index (χ3n) is 2.81. The first kappa shape index (κ1) is 12.5. The molecule has 1 aromatic carbocycles. The van der Waals surface area contributed by atoms with Gasteiger partial charge in [-0.15, -0.1) is 4.40 Å². The van der Waals surface area contributed by atoms with Gasteiger partial charge in [0.1, 0.15) is 5.69 Å². The molecule has 0 aliphatic carbocycles. The van der Waals surface area contributed by atoms with Gasteiger partial charge in [0.25, 0.3) is 0 Å². The number of aromatic nitrogens is 2. The van der Waals surface area contributed by atoms with E-state index in [1.807, 2.05) is 31.2 Å². The van der Waals surface area contributed by atoms with E-state index in [0.29, 0.717) is 5.69 Å². The minimum atomic E-state index is -3.84. The topological polar surface area (TPSA) is 110 Å². The van der Waals surface area contributed by atoms with E-state index in [9.17, 15) is 8.42 Å². The van der Waals surface area contributed by atoms with Crippen molar-refractivity contribution in [1.82, 2.24) is 9.97 Å². The molecular formula is C12H11N5O2S. The van der Waals surface area contributed by atoms with Crippen LogP contribution in [0.25, 0.3) is 11.3 Å². The van der Waals surface area contributed by atoms with Crippen molar-refractivity contribution in [3.63, 3.8) is 0 Å². The Hall–Kier alpha value is -2.48. The van der Waals surface area contributed by atoms with E-state index in [-0.39, 0.29) is 17.3 Å². The average Bonchev–Trinajstić information content (AvgIpc) is 2.37. The van der Waals surface area contributed by atoms with Gasteiger partial charge >= 0.3 is 10.2 Å². The second-order valence-electron chi connectivity index (χ2n) is 4.37. The number of hydrogen-bond acceptors (Lipinski definition) is 5. The zero-order chi connectivity index (χ0) is 14.3. The van der Waals surface area contributed by atoms with E-state index in [1.54, 1.807) is 0 Å². The fraction of sp³-hybridized carbons (Fsp3) is 0.0833. The molecule has 0 saturated heterocycles. The molecule has 8 heteroatoms. The zero-order valence-corrected chi connectivity index (χ0v) is 11.3. The maximum Gasteiger partial charge on any atom is 0.345 e.